The van der Waals surface area contributed by atoms with E-state index in [9.17, 15) is 13.2 Å². The van der Waals surface area contributed by atoms with E-state index in [1.165, 1.54) is 7.11 Å². The molecule has 2 aromatic rings. The molecule has 1 amide bonds. The average Bonchev–Trinajstić information content (AvgIpc) is 3.20. The standard InChI is InChI=1S/C23H30N4O6S/c1-14-9-27(10-15(2)33-14)11-22(28)25-20-6-16(5-18-12-32-13-19(18)20)17-7-21(26-34(4,29)30)23(31-3)24-8-17/h5-8,14-15,26H,9-13H2,1-4H3,(H,25,28)/t14-,15+. The number of benzene rings is 1. The first-order chi connectivity index (χ1) is 16.1. The molecule has 0 spiro atoms. The van der Waals surface area contributed by atoms with E-state index in [4.69, 9.17) is 14.2 Å². The molecule has 0 bridgehead atoms. The SMILES string of the molecule is COc1ncc(-c2cc3c(c(NC(=O)CN4C[C@@H](C)O[C@@H](C)C4)c2)COC3)cc1NS(C)(=O)=O. The van der Waals surface area contributed by atoms with E-state index < -0.39 is 10.0 Å². The summed E-state index contributed by atoms with van der Waals surface area (Å²) in [5.41, 5.74) is 4.28. The summed E-state index contributed by atoms with van der Waals surface area (Å²) in [5.74, 6) is 0.0565. The number of morpholine rings is 1. The Bertz CT molecular complexity index is 1180. The molecule has 10 nitrogen and oxygen atoms in total. The first kappa shape index (κ1) is 24.4. The van der Waals surface area contributed by atoms with Crippen LogP contribution in [0.1, 0.15) is 25.0 Å². The van der Waals surface area contributed by atoms with Crippen LogP contribution < -0.4 is 14.8 Å². The molecule has 2 atom stereocenters. The first-order valence-electron chi connectivity index (χ1n) is 11.0. The number of ether oxygens (including phenoxy) is 3. The van der Waals surface area contributed by atoms with Crippen molar-refractivity contribution in [2.45, 2.75) is 39.3 Å². The Morgan fingerprint density at radius 1 is 1.15 bits per heavy atom. The number of fused-ring (bicyclic) bond motifs is 1. The summed E-state index contributed by atoms with van der Waals surface area (Å²) in [6.07, 6.45) is 2.83. The highest BCUT2D eigenvalue weighted by atomic mass is 32.2. The third-order valence-corrected chi connectivity index (χ3v) is 6.25. The van der Waals surface area contributed by atoms with Gasteiger partial charge in [-0.2, -0.15) is 0 Å². The quantitative estimate of drug-likeness (QED) is 0.606. The molecule has 2 aliphatic rings. The summed E-state index contributed by atoms with van der Waals surface area (Å²) >= 11 is 0. The van der Waals surface area contributed by atoms with Gasteiger partial charge in [0.15, 0.2) is 0 Å². The van der Waals surface area contributed by atoms with E-state index in [-0.39, 0.29) is 36.2 Å². The fraction of sp³-hybridized carbons (Fsp3) is 0.478. The van der Waals surface area contributed by atoms with Crippen LogP contribution in [0.3, 0.4) is 0 Å². The van der Waals surface area contributed by atoms with Gasteiger partial charge in [-0.15, -0.1) is 0 Å². The van der Waals surface area contributed by atoms with Gasteiger partial charge in [0.1, 0.15) is 5.69 Å². The zero-order chi connectivity index (χ0) is 24.5. The normalized spacial score (nSPS) is 20.6. The van der Waals surface area contributed by atoms with Gasteiger partial charge in [0.2, 0.25) is 21.8 Å². The van der Waals surface area contributed by atoms with E-state index >= 15 is 0 Å². The van der Waals surface area contributed by atoms with Crippen LogP contribution in [0.5, 0.6) is 5.88 Å². The summed E-state index contributed by atoms with van der Waals surface area (Å²) in [6, 6.07) is 5.49. The van der Waals surface area contributed by atoms with Crippen LogP contribution in [0.2, 0.25) is 0 Å². The van der Waals surface area contributed by atoms with Gasteiger partial charge in [-0.05, 0) is 43.2 Å². The van der Waals surface area contributed by atoms with Gasteiger partial charge < -0.3 is 19.5 Å². The second-order valence-electron chi connectivity index (χ2n) is 8.81. The van der Waals surface area contributed by atoms with Crippen molar-refractivity contribution in [2.75, 3.05) is 43.0 Å². The number of hydrogen-bond acceptors (Lipinski definition) is 8. The first-order valence-corrected chi connectivity index (χ1v) is 12.9. The summed E-state index contributed by atoms with van der Waals surface area (Å²) in [6.45, 7) is 6.53. The van der Waals surface area contributed by atoms with Crippen LogP contribution in [0.15, 0.2) is 24.4 Å². The third-order valence-electron chi connectivity index (χ3n) is 5.66. The summed E-state index contributed by atoms with van der Waals surface area (Å²) in [7, 11) is -2.10. The maximum atomic E-state index is 12.9. The second kappa shape index (κ2) is 9.87. The number of carbonyl (C=O) groups is 1. The van der Waals surface area contributed by atoms with Crippen LogP contribution in [-0.2, 0) is 37.5 Å². The lowest BCUT2D eigenvalue weighted by atomic mass is 9.99. The van der Waals surface area contributed by atoms with Crippen molar-refractivity contribution in [3.8, 4) is 17.0 Å². The lowest BCUT2D eigenvalue weighted by molar-refractivity contribution is -0.121. The number of rotatable bonds is 7. The monoisotopic (exact) mass is 490 g/mol. The summed E-state index contributed by atoms with van der Waals surface area (Å²) < 4.78 is 42.6. The molecule has 1 aromatic carbocycles. The van der Waals surface area contributed by atoms with Gasteiger partial charge in [-0.3, -0.25) is 14.4 Å². The molecule has 4 rings (SSSR count). The number of hydrogen-bond donors (Lipinski definition) is 2. The fourth-order valence-electron chi connectivity index (χ4n) is 4.42. The maximum absolute atomic E-state index is 12.9. The molecule has 11 heteroatoms. The molecule has 2 aliphatic heterocycles. The van der Waals surface area contributed by atoms with E-state index in [2.05, 4.69) is 19.9 Å². The molecule has 3 heterocycles. The van der Waals surface area contributed by atoms with Crippen LogP contribution in [-0.4, -0.2) is 69.4 Å². The lowest BCUT2D eigenvalue weighted by Crippen LogP contribution is -2.48. The van der Waals surface area contributed by atoms with Crippen LogP contribution in [0, 0.1) is 0 Å². The van der Waals surface area contributed by atoms with Gasteiger partial charge in [-0.1, -0.05) is 0 Å². The van der Waals surface area contributed by atoms with E-state index in [1.54, 1.807) is 12.3 Å². The molecule has 0 aliphatic carbocycles. The molecular formula is C23H30N4O6S. The minimum Gasteiger partial charge on any atom is -0.480 e. The molecule has 0 unspecified atom stereocenters. The van der Waals surface area contributed by atoms with E-state index in [0.29, 0.717) is 37.6 Å². The van der Waals surface area contributed by atoms with Crippen molar-refractivity contribution in [3.05, 3.63) is 35.5 Å². The molecule has 2 N–H and O–H groups in total. The zero-order valence-corrected chi connectivity index (χ0v) is 20.6. The van der Waals surface area contributed by atoms with E-state index in [1.807, 2.05) is 26.0 Å². The van der Waals surface area contributed by atoms with Crippen molar-refractivity contribution in [2.24, 2.45) is 0 Å². The van der Waals surface area contributed by atoms with Gasteiger partial charge in [0, 0.05) is 36.1 Å². The minimum atomic E-state index is -3.52. The highest BCUT2D eigenvalue weighted by molar-refractivity contribution is 7.92. The minimum absolute atomic E-state index is 0.0786. The van der Waals surface area contributed by atoms with Gasteiger partial charge in [-0.25, -0.2) is 13.4 Å². The van der Waals surface area contributed by atoms with Crippen LogP contribution >= 0.6 is 0 Å². The van der Waals surface area contributed by atoms with Gasteiger partial charge >= 0.3 is 0 Å². The fourth-order valence-corrected chi connectivity index (χ4v) is 4.97. The highest BCUT2D eigenvalue weighted by Gasteiger charge is 2.25. The van der Waals surface area contributed by atoms with Crippen LogP contribution in [0.4, 0.5) is 11.4 Å². The number of nitrogens with one attached hydrogen (secondary N) is 2. The van der Waals surface area contributed by atoms with E-state index in [0.717, 1.165) is 22.9 Å². The van der Waals surface area contributed by atoms with Crippen LogP contribution in [0.25, 0.3) is 11.1 Å². The Labute approximate surface area is 199 Å². The molecule has 1 fully saturated rings. The number of carbonyl (C=O) groups excluding carboxylic acids is 1. The molecular weight excluding hydrogens is 460 g/mol. The molecule has 34 heavy (non-hydrogen) atoms. The predicted molar refractivity (Wildman–Crippen MR) is 128 cm³/mol. The largest absolute Gasteiger partial charge is 0.480 e. The Morgan fingerprint density at radius 3 is 2.53 bits per heavy atom. The van der Waals surface area contributed by atoms with Crippen molar-refractivity contribution in [1.82, 2.24) is 9.88 Å². The number of sulfonamides is 1. The number of pyridine rings is 1. The summed E-state index contributed by atoms with van der Waals surface area (Å²) in [5, 5.41) is 3.05. The maximum Gasteiger partial charge on any atom is 0.238 e. The van der Waals surface area contributed by atoms with Gasteiger partial charge in [0.05, 0.1) is 45.3 Å². The Morgan fingerprint density at radius 2 is 1.85 bits per heavy atom. The van der Waals surface area contributed by atoms with Crippen molar-refractivity contribution in [1.29, 1.82) is 0 Å². The Kier molecular flexibility index (Phi) is 7.08. The molecule has 184 valence electrons. The Hall–Kier alpha value is -2.73. The van der Waals surface area contributed by atoms with Gasteiger partial charge in [0.25, 0.3) is 0 Å². The topological polar surface area (TPSA) is 119 Å². The smallest absolute Gasteiger partial charge is 0.238 e. The number of methoxy groups -OCH3 is 1. The zero-order valence-electron chi connectivity index (χ0n) is 19.8. The molecule has 0 saturated carbocycles. The van der Waals surface area contributed by atoms with Crippen molar-refractivity contribution >= 4 is 27.3 Å². The summed E-state index contributed by atoms with van der Waals surface area (Å²) in [4.78, 5) is 19.2. The van der Waals surface area contributed by atoms with Crippen molar-refractivity contribution in [3.63, 3.8) is 0 Å². The molecule has 1 saturated heterocycles. The highest BCUT2D eigenvalue weighted by Crippen LogP contribution is 2.35. The number of aromatic nitrogens is 1. The average molecular weight is 491 g/mol. The van der Waals surface area contributed by atoms with Crippen molar-refractivity contribution < 1.29 is 27.4 Å². The Balaban J connectivity index is 1.60. The molecule has 0 radical (unpaired) electrons. The molecule has 1 aromatic heterocycles. The number of anilines is 2. The number of amides is 1. The number of nitrogens with zero attached hydrogens (tertiary/aromatic N) is 2. The third kappa shape index (κ3) is 5.84. The lowest BCUT2D eigenvalue weighted by Gasteiger charge is -2.34. The predicted octanol–water partition coefficient (Wildman–Crippen LogP) is 2.21. The second-order valence-corrected chi connectivity index (χ2v) is 10.6.